The molecule has 0 saturated heterocycles. The Hall–Kier alpha value is -1.58. The molecule has 0 bridgehead atoms. The summed E-state index contributed by atoms with van der Waals surface area (Å²) in [6.45, 7) is 1.85. The molecular formula is C7H7N3O. The van der Waals surface area contributed by atoms with E-state index in [1.165, 1.54) is 6.07 Å². The minimum atomic E-state index is -0.121. The number of hydrogen-bond donors (Lipinski definition) is 2. The maximum absolute atomic E-state index is 10.8. The lowest BCUT2D eigenvalue weighted by Gasteiger charge is -1.82. The Bertz CT molecular complexity index is 440. The number of hydrogen-bond acceptors (Lipinski definition) is 2. The van der Waals surface area contributed by atoms with Gasteiger partial charge in [-0.15, -0.1) is 0 Å². The average Bonchev–Trinajstić information content (AvgIpc) is 2.27. The zero-order valence-electron chi connectivity index (χ0n) is 6.01. The van der Waals surface area contributed by atoms with Crippen molar-refractivity contribution in [2.75, 3.05) is 0 Å². The van der Waals surface area contributed by atoms with Gasteiger partial charge < -0.3 is 9.97 Å². The first kappa shape index (κ1) is 6.15. The molecule has 2 heterocycles. The van der Waals surface area contributed by atoms with Crippen LogP contribution in [0.15, 0.2) is 17.1 Å². The predicted octanol–water partition coefficient (Wildman–Crippen LogP) is 0.560. The number of aromatic nitrogens is 3. The third-order valence-corrected chi connectivity index (χ3v) is 1.51. The van der Waals surface area contributed by atoms with E-state index in [9.17, 15) is 4.79 Å². The summed E-state index contributed by atoms with van der Waals surface area (Å²) in [5.74, 6) is 0.819. The molecule has 0 radical (unpaired) electrons. The number of imidazole rings is 1. The summed E-state index contributed by atoms with van der Waals surface area (Å²) in [7, 11) is 0. The van der Waals surface area contributed by atoms with Gasteiger partial charge in [0, 0.05) is 12.3 Å². The number of nitrogens with zero attached hydrogens (tertiary/aromatic N) is 1. The minimum Gasteiger partial charge on any atom is -0.341 e. The Morgan fingerprint density at radius 1 is 1.55 bits per heavy atom. The molecule has 0 atom stereocenters. The molecular weight excluding hydrogens is 142 g/mol. The Kier molecular flexibility index (Phi) is 1.09. The van der Waals surface area contributed by atoms with E-state index >= 15 is 0 Å². The molecule has 0 spiro atoms. The zero-order valence-corrected chi connectivity index (χ0v) is 6.01. The molecule has 0 aliphatic heterocycles. The van der Waals surface area contributed by atoms with Crippen LogP contribution >= 0.6 is 0 Å². The van der Waals surface area contributed by atoms with Gasteiger partial charge in [0.25, 0.3) is 0 Å². The third-order valence-electron chi connectivity index (χ3n) is 1.51. The van der Waals surface area contributed by atoms with Crippen LogP contribution in [-0.4, -0.2) is 15.0 Å². The van der Waals surface area contributed by atoms with Gasteiger partial charge in [-0.25, -0.2) is 4.98 Å². The summed E-state index contributed by atoms with van der Waals surface area (Å²) < 4.78 is 0. The van der Waals surface area contributed by atoms with Crippen LogP contribution in [0.3, 0.4) is 0 Å². The second kappa shape index (κ2) is 1.95. The SMILES string of the molecule is Cc1nc2cc(=O)[nH]cc2[nH]1. The fraction of sp³-hybridized carbons (Fsp3) is 0.143. The Morgan fingerprint density at radius 2 is 2.36 bits per heavy atom. The molecule has 4 heteroatoms. The van der Waals surface area contributed by atoms with Crippen molar-refractivity contribution in [3.05, 3.63) is 28.4 Å². The van der Waals surface area contributed by atoms with Crippen molar-refractivity contribution in [3.8, 4) is 0 Å². The highest BCUT2D eigenvalue weighted by Gasteiger charge is 1.97. The van der Waals surface area contributed by atoms with Crippen molar-refractivity contribution in [2.45, 2.75) is 6.92 Å². The lowest BCUT2D eigenvalue weighted by molar-refractivity contribution is 1.17. The molecule has 0 aromatic carbocycles. The van der Waals surface area contributed by atoms with E-state index in [2.05, 4.69) is 15.0 Å². The van der Waals surface area contributed by atoms with Gasteiger partial charge in [0.15, 0.2) is 0 Å². The van der Waals surface area contributed by atoms with Gasteiger partial charge in [-0.05, 0) is 6.92 Å². The molecule has 2 aromatic rings. The number of pyridine rings is 1. The van der Waals surface area contributed by atoms with Crippen LogP contribution in [0.1, 0.15) is 5.82 Å². The molecule has 0 unspecified atom stereocenters. The maximum atomic E-state index is 10.8. The summed E-state index contributed by atoms with van der Waals surface area (Å²) >= 11 is 0. The van der Waals surface area contributed by atoms with E-state index in [4.69, 9.17) is 0 Å². The minimum absolute atomic E-state index is 0.121. The first-order valence-corrected chi connectivity index (χ1v) is 3.31. The normalized spacial score (nSPS) is 10.6. The van der Waals surface area contributed by atoms with E-state index in [-0.39, 0.29) is 5.56 Å². The number of rotatable bonds is 0. The lowest BCUT2D eigenvalue weighted by atomic mass is 10.4. The smallest absolute Gasteiger partial charge is 0.250 e. The van der Waals surface area contributed by atoms with E-state index in [1.54, 1.807) is 6.20 Å². The Morgan fingerprint density at radius 3 is 3.18 bits per heavy atom. The summed E-state index contributed by atoms with van der Waals surface area (Å²) in [5.41, 5.74) is 1.46. The molecule has 0 amide bonds. The van der Waals surface area contributed by atoms with Gasteiger partial charge in [-0.2, -0.15) is 0 Å². The second-order valence-corrected chi connectivity index (χ2v) is 2.42. The van der Waals surface area contributed by atoms with Gasteiger partial charge in [0.1, 0.15) is 5.82 Å². The highest BCUT2D eigenvalue weighted by atomic mass is 16.1. The van der Waals surface area contributed by atoms with Gasteiger partial charge >= 0.3 is 0 Å². The van der Waals surface area contributed by atoms with E-state index in [0.717, 1.165) is 11.3 Å². The van der Waals surface area contributed by atoms with Gasteiger partial charge in [0.05, 0.1) is 11.0 Å². The van der Waals surface area contributed by atoms with Crippen LogP contribution in [0, 0.1) is 6.92 Å². The molecule has 11 heavy (non-hydrogen) atoms. The molecule has 2 rings (SSSR count). The zero-order chi connectivity index (χ0) is 7.84. The average molecular weight is 149 g/mol. The van der Waals surface area contributed by atoms with Crippen molar-refractivity contribution < 1.29 is 0 Å². The summed E-state index contributed by atoms with van der Waals surface area (Å²) in [6, 6.07) is 1.47. The molecule has 0 aliphatic carbocycles. The number of fused-ring (bicyclic) bond motifs is 1. The Labute approximate surface area is 62.3 Å². The van der Waals surface area contributed by atoms with Gasteiger partial charge in [0.2, 0.25) is 5.56 Å². The first-order valence-electron chi connectivity index (χ1n) is 3.31. The molecule has 0 fully saturated rings. The van der Waals surface area contributed by atoms with Crippen LogP contribution in [0.5, 0.6) is 0 Å². The number of aryl methyl sites for hydroxylation is 1. The molecule has 2 N–H and O–H groups in total. The van der Waals surface area contributed by atoms with Crippen LogP contribution in [0.2, 0.25) is 0 Å². The van der Waals surface area contributed by atoms with Crippen LogP contribution in [0.25, 0.3) is 11.0 Å². The molecule has 2 aromatic heterocycles. The van der Waals surface area contributed by atoms with Crippen molar-refractivity contribution in [1.82, 2.24) is 15.0 Å². The predicted molar refractivity (Wildman–Crippen MR) is 41.5 cm³/mol. The topological polar surface area (TPSA) is 61.5 Å². The molecule has 0 aliphatic rings. The van der Waals surface area contributed by atoms with Crippen LogP contribution in [-0.2, 0) is 0 Å². The fourth-order valence-electron chi connectivity index (χ4n) is 1.06. The van der Waals surface area contributed by atoms with E-state index < -0.39 is 0 Å². The van der Waals surface area contributed by atoms with E-state index in [1.807, 2.05) is 6.92 Å². The maximum Gasteiger partial charge on any atom is 0.250 e. The highest BCUT2D eigenvalue weighted by Crippen LogP contribution is 2.04. The standard InChI is InChI=1S/C7H7N3O/c1-4-9-5-2-7(11)8-3-6(5)10-4/h2-3H,1H3,(H,8,11)(H,9,10). The second-order valence-electron chi connectivity index (χ2n) is 2.42. The quantitative estimate of drug-likeness (QED) is 0.574. The number of H-pyrrole nitrogens is 2. The van der Waals surface area contributed by atoms with Crippen LogP contribution < -0.4 is 5.56 Å². The monoisotopic (exact) mass is 149 g/mol. The fourth-order valence-corrected chi connectivity index (χ4v) is 1.06. The third kappa shape index (κ3) is 0.920. The van der Waals surface area contributed by atoms with Crippen molar-refractivity contribution >= 4 is 11.0 Å². The summed E-state index contributed by atoms with van der Waals surface area (Å²) in [5, 5.41) is 0. The van der Waals surface area contributed by atoms with Crippen molar-refractivity contribution in [1.29, 1.82) is 0 Å². The summed E-state index contributed by atoms with van der Waals surface area (Å²) in [4.78, 5) is 20.4. The Balaban J connectivity index is 2.92. The molecule has 4 nitrogen and oxygen atoms in total. The van der Waals surface area contributed by atoms with Gasteiger partial charge in [-0.3, -0.25) is 4.79 Å². The largest absolute Gasteiger partial charge is 0.341 e. The van der Waals surface area contributed by atoms with E-state index in [0.29, 0.717) is 5.52 Å². The number of nitrogens with one attached hydrogen (secondary N) is 2. The van der Waals surface area contributed by atoms with Crippen LogP contribution in [0.4, 0.5) is 0 Å². The summed E-state index contributed by atoms with van der Waals surface area (Å²) in [6.07, 6.45) is 1.62. The molecule has 0 saturated carbocycles. The highest BCUT2D eigenvalue weighted by molar-refractivity contribution is 5.73. The van der Waals surface area contributed by atoms with Gasteiger partial charge in [-0.1, -0.05) is 0 Å². The number of aromatic amines is 2. The molecule has 56 valence electrons. The van der Waals surface area contributed by atoms with Crippen molar-refractivity contribution in [2.24, 2.45) is 0 Å². The lowest BCUT2D eigenvalue weighted by Crippen LogP contribution is -2.00. The first-order chi connectivity index (χ1) is 5.25. The van der Waals surface area contributed by atoms with Crippen molar-refractivity contribution in [3.63, 3.8) is 0 Å².